The first-order chi connectivity index (χ1) is 14.0. The molecular weight excluding hydrogens is 368 g/mol. The predicted molar refractivity (Wildman–Crippen MR) is 114 cm³/mol. The Morgan fingerprint density at radius 2 is 1.69 bits per heavy atom. The van der Waals surface area contributed by atoms with Crippen molar-refractivity contribution >= 4 is 29.4 Å². The van der Waals surface area contributed by atoms with Crippen molar-refractivity contribution in [3.8, 4) is 0 Å². The SMILES string of the molecule is CC(=O)Nc1ccc(/C=N/OC(C)C(=O)N2CCN(c3ccccc3)CC2)cc1. The van der Waals surface area contributed by atoms with Crippen LogP contribution in [-0.4, -0.2) is 55.2 Å². The number of benzene rings is 2. The zero-order valence-corrected chi connectivity index (χ0v) is 16.7. The third-order valence-corrected chi connectivity index (χ3v) is 4.71. The maximum Gasteiger partial charge on any atom is 0.266 e. The van der Waals surface area contributed by atoms with Gasteiger partial charge >= 0.3 is 0 Å². The molecular formula is C22H26N4O3. The lowest BCUT2D eigenvalue weighted by Crippen LogP contribution is -2.51. The third-order valence-electron chi connectivity index (χ3n) is 4.71. The number of nitrogens with zero attached hydrogens (tertiary/aromatic N) is 3. The molecule has 1 N–H and O–H groups in total. The molecule has 1 atom stereocenters. The fourth-order valence-electron chi connectivity index (χ4n) is 3.16. The van der Waals surface area contributed by atoms with E-state index in [2.05, 4.69) is 27.5 Å². The maximum absolute atomic E-state index is 12.6. The smallest absolute Gasteiger partial charge is 0.266 e. The first kappa shape index (κ1) is 20.4. The summed E-state index contributed by atoms with van der Waals surface area (Å²) >= 11 is 0. The fraction of sp³-hybridized carbons (Fsp3) is 0.318. The largest absolute Gasteiger partial charge is 0.383 e. The summed E-state index contributed by atoms with van der Waals surface area (Å²) in [6.07, 6.45) is 0.905. The Kier molecular flexibility index (Phi) is 6.84. The molecule has 1 aliphatic rings. The van der Waals surface area contributed by atoms with Crippen LogP contribution in [0.4, 0.5) is 11.4 Å². The molecule has 3 rings (SSSR count). The van der Waals surface area contributed by atoms with Crippen molar-refractivity contribution in [2.45, 2.75) is 20.0 Å². The summed E-state index contributed by atoms with van der Waals surface area (Å²) in [5, 5.41) is 6.64. The second-order valence-corrected chi connectivity index (χ2v) is 6.93. The van der Waals surface area contributed by atoms with Crippen LogP contribution < -0.4 is 10.2 Å². The number of carbonyl (C=O) groups excluding carboxylic acids is 2. The van der Waals surface area contributed by atoms with Gasteiger partial charge in [0, 0.05) is 44.5 Å². The van der Waals surface area contributed by atoms with Crippen LogP contribution in [0.1, 0.15) is 19.4 Å². The van der Waals surface area contributed by atoms with Crippen LogP contribution in [0.5, 0.6) is 0 Å². The highest BCUT2D eigenvalue weighted by Gasteiger charge is 2.26. The molecule has 2 amide bonds. The Balaban J connectivity index is 1.46. The highest BCUT2D eigenvalue weighted by Crippen LogP contribution is 2.16. The number of anilines is 2. The van der Waals surface area contributed by atoms with Crippen LogP contribution >= 0.6 is 0 Å². The summed E-state index contributed by atoms with van der Waals surface area (Å²) in [5.41, 5.74) is 2.71. The number of hydrogen-bond acceptors (Lipinski definition) is 5. The minimum absolute atomic E-state index is 0.0594. The van der Waals surface area contributed by atoms with Gasteiger partial charge in [-0.05, 0) is 36.8 Å². The highest BCUT2D eigenvalue weighted by atomic mass is 16.6. The summed E-state index contributed by atoms with van der Waals surface area (Å²) in [7, 11) is 0. The van der Waals surface area contributed by atoms with Gasteiger partial charge in [-0.2, -0.15) is 0 Å². The number of para-hydroxylation sites is 1. The molecule has 0 spiro atoms. The molecule has 0 aliphatic carbocycles. The van der Waals surface area contributed by atoms with Crippen molar-refractivity contribution in [3.05, 3.63) is 60.2 Å². The van der Waals surface area contributed by atoms with Crippen molar-refractivity contribution in [1.29, 1.82) is 0 Å². The van der Waals surface area contributed by atoms with E-state index < -0.39 is 6.10 Å². The van der Waals surface area contributed by atoms with Crippen molar-refractivity contribution in [1.82, 2.24) is 4.90 Å². The second-order valence-electron chi connectivity index (χ2n) is 6.93. The van der Waals surface area contributed by atoms with E-state index in [1.165, 1.54) is 12.6 Å². The van der Waals surface area contributed by atoms with E-state index >= 15 is 0 Å². The number of rotatable bonds is 6. The van der Waals surface area contributed by atoms with Gasteiger partial charge in [0.1, 0.15) is 0 Å². The fourth-order valence-corrected chi connectivity index (χ4v) is 3.16. The van der Waals surface area contributed by atoms with Crippen LogP contribution in [0.2, 0.25) is 0 Å². The first-order valence-corrected chi connectivity index (χ1v) is 9.68. The van der Waals surface area contributed by atoms with E-state index in [1.54, 1.807) is 25.3 Å². The molecule has 7 heteroatoms. The Bertz CT molecular complexity index is 844. The molecule has 1 aliphatic heterocycles. The Hall–Kier alpha value is -3.35. The van der Waals surface area contributed by atoms with Gasteiger partial charge in [-0.3, -0.25) is 9.59 Å². The van der Waals surface area contributed by atoms with Gasteiger partial charge in [0.25, 0.3) is 5.91 Å². The summed E-state index contributed by atoms with van der Waals surface area (Å²) in [6.45, 7) is 6.09. The van der Waals surface area contributed by atoms with E-state index in [9.17, 15) is 9.59 Å². The number of nitrogens with one attached hydrogen (secondary N) is 1. The van der Waals surface area contributed by atoms with Gasteiger partial charge in [0.05, 0.1) is 6.21 Å². The summed E-state index contributed by atoms with van der Waals surface area (Å²) < 4.78 is 0. The molecule has 0 bridgehead atoms. The quantitative estimate of drug-likeness (QED) is 0.604. The lowest BCUT2D eigenvalue weighted by Gasteiger charge is -2.36. The van der Waals surface area contributed by atoms with E-state index in [0.717, 1.165) is 18.7 Å². The van der Waals surface area contributed by atoms with Gasteiger partial charge in [-0.25, -0.2) is 0 Å². The van der Waals surface area contributed by atoms with Crippen LogP contribution in [-0.2, 0) is 14.4 Å². The topological polar surface area (TPSA) is 74.2 Å². The van der Waals surface area contributed by atoms with Gasteiger partial charge < -0.3 is 20.0 Å². The number of amides is 2. The van der Waals surface area contributed by atoms with E-state index in [0.29, 0.717) is 18.8 Å². The number of carbonyl (C=O) groups is 2. The first-order valence-electron chi connectivity index (χ1n) is 9.68. The molecule has 2 aromatic rings. The minimum Gasteiger partial charge on any atom is -0.383 e. The second kappa shape index (κ2) is 9.73. The molecule has 2 aromatic carbocycles. The minimum atomic E-state index is -0.645. The van der Waals surface area contributed by atoms with Gasteiger partial charge in [0.15, 0.2) is 0 Å². The lowest BCUT2D eigenvalue weighted by atomic mass is 10.2. The van der Waals surface area contributed by atoms with Crippen molar-refractivity contribution in [2.24, 2.45) is 5.16 Å². The maximum atomic E-state index is 12.6. The van der Waals surface area contributed by atoms with Gasteiger partial charge in [0.2, 0.25) is 12.0 Å². The molecule has 0 saturated carbocycles. The Morgan fingerprint density at radius 3 is 2.31 bits per heavy atom. The summed E-state index contributed by atoms with van der Waals surface area (Å²) in [4.78, 5) is 33.1. The molecule has 7 nitrogen and oxygen atoms in total. The zero-order chi connectivity index (χ0) is 20.6. The average molecular weight is 394 g/mol. The van der Waals surface area contributed by atoms with Crippen LogP contribution in [0.25, 0.3) is 0 Å². The Labute approximate surface area is 170 Å². The third kappa shape index (κ3) is 5.81. The monoisotopic (exact) mass is 394 g/mol. The van der Waals surface area contributed by atoms with Crippen LogP contribution in [0, 0.1) is 0 Å². The molecule has 0 radical (unpaired) electrons. The van der Waals surface area contributed by atoms with Crippen LogP contribution in [0.3, 0.4) is 0 Å². The van der Waals surface area contributed by atoms with Crippen molar-refractivity contribution < 1.29 is 14.4 Å². The number of oxime groups is 1. The highest BCUT2D eigenvalue weighted by molar-refractivity contribution is 5.89. The summed E-state index contributed by atoms with van der Waals surface area (Å²) in [5.74, 6) is -0.178. The molecule has 0 aromatic heterocycles. The lowest BCUT2D eigenvalue weighted by molar-refractivity contribution is -0.142. The Morgan fingerprint density at radius 1 is 1.03 bits per heavy atom. The van der Waals surface area contributed by atoms with Gasteiger partial charge in [-0.15, -0.1) is 0 Å². The van der Waals surface area contributed by atoms with Crippen molar-refractivity contribution in [2.75, 3.05) is 36.4 Å². The molecule has 1 unspecified atom stereocenters. The predicted octanol–water partition coefficient (Wildman–Crippen LogP) is 2.73. The van der Waals surface area contributed by atoms with E-state index in [1.807, 2.05) is 35.2 Å². The molecule has 1 fully saturated rings. The van der Waals surface area contributed by atoms with Crippen LogP contribution in [0.15, 0.2) is 59.8 Å². The standard InChI is InChI=1S/C22H26N4O3/c1-17(29-23-16-19-8-10-20(11-9-19)24-18(2)27)22(28)26-14-12-25(13-15-26)21-6-4-3-5-7-21/h3-11,16-17H,12-15H2,1-2H3,(H,24,27)/b23-16+. The molecule has 1 saturated heterocycles. The zero-order valence-electron chi connectivity index (χ0n) is 16.7. The molecule has 152 valence electrons. The average Bonchev–Trinajstić information content (AvgIpc) is 2.75. The van der Waals surface area contributed by atoms with E-state index in [-0.39, 0.29) is 11.8 Å². The molecule has 29 heavy (non-hydrogen) atoms. The number of piperazine rings is 1. The van der Waals surface area contributed by atoms with Crippen molar-refractivity contribution in [3.63, 3.8) is 0 Å². The molecule has 1 heterocycles. The normalized spacial score (nSPS) is 15.2. The summed E-state index contributed by atoms with van der Waals surface area (Å²) in [6, 6.07) is 17.4. The number of hydrogen-bond donors (Lipinski definition) is 1. The van der Waals surface area contributed by atoms with E-state index in [4.69, 9.17) is 4.84 Å². The van der Waals surface area contributed by atoms with Gasteiger partial charge in [-0.1, -0.05) is 35.5 Å².